The van der Waals surface area contributed by atoms with Gasteiger partial charge < -0.3 is 19.9 Å². The van der Waals surface area contributed by atoms with Gasteiger partial charge in [0, 0.05) is 43.0 Å². The fraction of sp³-hybridized carbons (Fsp3) is 0.333. The highest BCUT2D eigenvalue weighted by atomic mass is 16.5. The maximum Gasteiger partial charge on any atom is 0.255 e. The molecule has 1 saturated heterocycles. The smallest absolute Gasteiger partial charge is 0.255 e. The number of carbonyl (C=O) groups excluding carboxylic acids is 2. The topological polar surface area (TPSA) is 61.9 Å². The van der Waals surface area contributed by atoms with E-state index in [0.717, 1.165) is 31.9 Å². The van der Waals surface area contributed by atoms with E-state index in [1.54, 1.807) is 48.5 Å². The minimum Gasteiger partial charge on any atom is -0.494 e. The van der Waals surface area contributed by atoms with E-state index in [9.17, 15) is 9.59 Å². The second kappa shape index (κ2) is 8.68. The average molecular weight is 367 g/mol. The molecule has 0 atom stereocenters. The molecule has 6 heteroatoms. The van der Waals surface area contributed by atoms with Gasteiger partial charge in [-0.15, -0.1) is 0 Å². The average Bonchev–Trinajstić information content (AvgIpc) is 2.69. The molecule has 3 rings (SSSR count). The van der Waals surface area contributed by atoms with Gasteiger partial charge in [0.1, 0.15) is 5.75 Å². The van der Waals surface area contributed by atoms with Gasteiger partial charge in [0.25, 0.3) is 11.8 Å². The normalized spacial score (nSPS) is 14.7. The first-order valence-electron chi connectivity index (χ1n) is 9.19. The molecule has 0 unspecified atom stereocenters. The number of likely N-dealkylation sites (N-methyl/N-ethyl adjacent to an activating group) is 1. The number of amides is 2. The summed E-state index contributed by atoms with van der Waals surface area (Å²) in [5, 5.41) is 2.85. The van der Waals surface area contributed by atoms with Crippen molar-refractivity contribution in [2.75, 3.05) is 45.2 Å². The summed E-state index contributed by atoms with van der Waals surface area (Å²) in [4.78, 5) is 29.0. The quantitative estimate of drug-likeness (QED) is 0.883. The van der Waals surface area contributed by atoms with Crippen molar-refractivity contribution < 1.29 is 14.3 Å². The van der Waals surface area contributed by atoms with Crippen LogP contribution >= 0.6 is 0 Å². The largest absolute Gasteiger partial charge is 0.494 e. The molecule has 27 heavy (non-hydrogen) atoms. The van der Waals surface area contributed by atoms with Crippen LogP contribution in [-0.4, -0.2) is 61.4 Å². The van der Waals surface area contributed by atoms with Crippen molar-refractivity contribution in [3.8, 4) is 5.75 Å². The molecule has 0 bridgehead atoms. The Bertz CT molecular complexity index is 779. The number of carbonyl (C=O) groups is 2. The Morgan fingerprint density at radius 1 is 0.926 bits per heavy atom. The summed E-state index contributed by atoms with van der Waals surface area (Å²) >= 11 is 0. The van der Waals surface area contributed by atoms with Crippen LogP contribution < -0.4 is 10.1 Å². The molecule has 2 aromatic carbocycles. The van der Waals surface area contributed by atoms with E-state index in [1.807, 2.05) is 11.8 Å². The van der Waals surface area contributed by atoms with Crippen molar-refractivity contribution in [3.63, 3.8) is 0 Å². The summed E-state index contributed by atoms with van der Waals surface area (Å²) in [5.41, 5.74) is 1.85. The molecule has 0 aliphatic carbocycles. The van der Waals surface area contributed by atoms with Crippen molar-refractivity contribution in [2.24, 2.45) is 0 Å². The van der Waals surface area contributed by atoms with Gasteiger partial charge >= 0.3 is 0 Å². The summed E-state index contributed by atoms with van der Waals surface area (Å²) in [6.45, 7) is 5.77. The van der Waals surface area contributed by atoms with Gasteiger partial charge in [-0.1, -0.05) is 0 Å². The summed E-state index contributed by atoms with van der Waals surface area (Å²) in [7, 11) is 2.06. The zero-order valence-corrected chi connectivity index (χ0v) is 15.8. The highest BCUT2D eigenvalue weighted by molar-refractivity contribution is 6.04. The molecule has 1 heterocycles. The Hall–Kier alpha value is -2.86. The van der Waals surface area contributed by atoms with Crippen molar-refractivity contribution in [3.05, 3.63) is 59.7 Å². The summed E-state index contributed by atoms with van der Waals surface area (Å²) in [5.74, 6) is 0.574. The second-order valence-electron chi connectivity index (χ2n) is 6.58. The minimum atomic E-state index is -0.198. The lowest BCUT2D eigenvalue weighted by Crippen LogP contribution is -2.47. The molecule has 0 radical (unpaired) electrons. The third-order valence-corrected chi connectivity index (χ3v) is 4.61. The van der Waals surface area contributed by atoms with Crippen LogP contribution in [0.4, 0.5) is 5.69 Å². The number of nitrogens with zero attached hydrogens (tertiary/aromatic N) is 2. The minimum absolute atomic E-state index is 0.0347. The van der Waals surface area contributed by atoms with Gasteiger partial charge in [-0.2, -0.15) is 0 Å². The zero-order chi connectivity index (χ0) is 19.2. The van der Waals surface area contributed by atoms with Crippen molar-refractivity contribution in [1.82, 2.24) is 9.80 Å². The monoisotopic (exact) mass is 367 g/mol. The number of hydrogen-bond donors (Lipinski definition) is 1. The van der Waals surface area contributed by atoms with E-state index < -0.39 is 0 Å². The van der Waals surface area contributed by atoms with E-state index >= 15 is 0 Å². The predicted octanol–water partition coefficient (Wildman–Crippen LogP) is 2.73. The standard InChI is InChI=1S/C21H25N3O3/c1-3-27-19-10-6-16(7-11-19)20(25)22-18-8-4-17(5-9-18)21(26)24-14-12-23(2)13-15-24/h4-11H,3,12-15H2,1-2H3,(H,22,25). The molecule has 6 nitrogen and oxygen atoms in total. The fourth-order valence-corrected chi connectivity index (χ4v) is 2.96. The summed E-state index contributed by atoms with van der Waals surface area (Å²) in [6, 6.07) is 14.0. The van der Waals surface area contributed by atoms with Gasteiger partial charge in [-0.05, 0) is 62.5 Å². The van der Waals surface area contributed by atoms with E-state index in [-0.39, 0.29) is 11.8 Å². The van der Waals surface area contributed by atoms with Gasteiger partial charge in [-0.3, -0.25) is 9.59 Å². The lowest BCUT2D eigenvalue weighted by atomic mass is 10.1. The van der Waals surface area contributed by atoms with Crippen LogP contribution in [-0.2, 0) is 0 Å². The molecule has 2 aromatic rings. The molecule has 0 saturated carbocycles. The number of hydrogen-bond acceptors (Lipinski definition) is 4. The number of ether oxygens (including phenoxy) is 1. The van der Waals surface area contributed by atoms with Crippen LogP contribution in [0.3, 0.4) is 0 Å². The molecule has 1 aliphatic heterocycles. The van der Waals surface area contributed by atoms with Gasteiger partial charge in [0.15, 0.2) is 0 Å². The van der Waals surface area contributed by atoms with Gasteiger partial charge in [0.05, 0.1) is 6.61 Å². The molecule has 142 valence electrons. The number of anilines is 1. The Morgan fingerprint density at radius 3 is 2.11 bits per heavy atom. The van der Waals surface area contributed by atoms with Gasteiger partial charge in [0.2, 0.25) is 0 Å². The molecule has 0 aromatic heterocycles. The summed E-state index contributed by atoms with van der Waals surface area (Å²) < 4.78 is 5.38. The van der Waals surface area contributed by atoms with Crippen molar-refractivity contribution in [2.45, 2.75) is 6.92 Å². The van der Waals surface area contributed by atoms with Crippen molar-refractivity contribution in [1.29, 1.82) is 0 Å². The van der Waals surface area contributed by atoms with Crippen LogP contribution in [0.15, 0.2) is 48.5 Å². The maximum absolute atomic E-state index is 12.6. The molecular weight excluding hydrogens is 342 g/mol. The van der Waals surface area contributed by atoms with Crippen LogP contribution in [0.2, 0.25) is 0 Å². The highest BCUT2D eigenvalue weighted by Gasteiger charge is 2.20. The first kappa shape index (κ1) is 18.9. The highest BCUT2D eigenvalue weighted by Crippen LogP contribution is 2.16. The van der Waals surface area contributed by atoms with Crippen LogP contribution in [0.1, 0.15) is 27.6 Å². The van der Waals surface area contributed by atoms with E-state index in [4.69, 9.17) is 4.74 Å². The van der Waals surface area contributed by atoms with E-state index in [1.165, 1.54) is 0 Å². The summed E-state index contributed by atoms with van der Waals surface area (Å²) in [6.07, 6.45) is 0. The zero-order valence-electron chi connectivity index (χ0n) is 15.8. The second-order valence-corrected chi connectivity index (χ2v) is 6.58. The molecule has 1 fully saturated rings. The predicted molar refractivity (Wildman–Crippen MR) is 105 cm³/mol. The Labute approximate surface area is 159 Å². The molecule has 2 amide bonds. The Kier molecular flexibility index (Phi) is 6.08. The molecule has 1 N–H and O–H groups in total. The first-order chi connectivity index (χ1) is 13.1. The van der Waals surface area contributed by atoms with E-state index in [2.05, 4.69) is 17.3 Å². The lowest BCUT2D eigenvalue weighted by molar-refractivity contribution is 0.0664. The Morgan fingerprint density at radius 2 is 1.52 bits per heavy atom. The third kappa shape index (κ3) is 4.86. The SMILES string of the molecule is CCOc1ccc(C(=O)Nc2ccc(C(=O)N3CCN(C)CC3)cc2)cc1. The first-order valence-corrected chi connectivity index (χ1v) is 9.19. The van der Waals surface area contributed by atoms with Crippen LogP contribution in [0, 0.1) is 0 Å². The third-order valence-electron chi connectivity index (χ3n) is 4.61. The Balaban J connectivity index is 1.60. The fourth-order valence-electron chi connectivity index (χ4n) is 2.96. The van der Waals surface area contributed by atoms with Crippen LogP contribution in [0.5, 0.6) is 5.75 Å². The maximum atomic E-state index is 12.6. The molecule has 1 aliphatic rings. The van der Waals surface area contributed by atoms with Gasteiger partial charge in [-0.25, -0.2) is 0 Å². The molecule has 0 spiro atoms. The lowest BCUT2D eigenvalue weighted by Gasteiger charge is -2.32. The number of piperazine rings is 1. The number of rotatable bonds is 5. The van der Waals surface area contributed by atoms with Crippen molar-refractivity contribution >= 4 is 17.5 Å². The number of benzene rings is 2. The number of nitrogens with one attached hydrogen (secondary N) is 1. The van der Waals surface area contributed by atoms with Crippen LogP contribution in [0.25, 0.3) is 0 Å². The van der Waals surface area contributed by atoms with E-state index in [0.29, 0.717) is 23.4 Å². The molecular formula is C21H25N3O3.